The van der Waals surface area contributed by atoms with Crippen LogP contribution in [-0.4, -0.2) is 49.8 Å². The molecule has 2 N–H and O–H groups in total. The molecule has 1 aliphatic heterocycles. The number of ether oxygens (including phenoxy) is 1. The molecule has 2 aromatic rings. The Hall–Kier alpha value is -3.18. The summed E-state index contributed by atoms with van der Waals surface area (Å²) in [6, 6.07) is 6.74. The van der Waals surface area contributed by atoms with Crippen LogP contribution in [0.2, 0.25) is 5.02 Å². The number of hydrogen-bond donors (Lipinski definition) is 2. The first-order valence-electron chi connectivity index (χ1n) is 11.7. The fourth-order valence-electron chi connectivity index (χ4n) is 3.84. The number of halogens is 2. The van der Waals surface area contributed by atoms with Crippen LogP contribution in [0, 0.1) is 5.82 Å². The number of nitrogens with zero attached hydrogens (tertiary/aromatic N) is 1. The number of carbonyl (C=O) groups excluding carboxylic acids is 3. The van der Waals surface area contributed by atoms with Gasteiger partial charge in [-0.1, -0.05) is 23.7 Å². The Morgan fingerprint density at radius 3 is 2.38 bits per heavy atom. The highest BCUT2D eigenvalue weighted by atomic mass is 35.5. The number of fused-ring (bicyclic) bond motifs is 1. The average molecular weight is 552 g/mol. The number of hydrogen-bond acceptors (Lipinski definition) is 6. The first kappa shape index (κ1) is 26.9. The molecule has 12 heteroatoms. The van der Waals surface area contributed by atoms with Gasteiger partial charge in [0.15, 0.2) is 9.84 Å². The van der Waals surface area contributed by atoms with Crippen LogP contribution in [0.25, 0.3) is 0 Å². The van der Waals surface area contributed by atoms with Gasteiger partial charge < -0.3 is 20.3 Å². The van der Waals surface area contributed by atoms with Crippen molar-refractivity contribution in [2.75, 3.05) is 10.7 Å². The minimum Gasteiger partial charge on any atom is -0.444 e. The zero-order valence-electron chi connectivity index (χ0n) is 20.5. The SMILES string of the molecule is CC(C)(C)OC(=O)N[C@H]1CS(=O)(=O)c2cc(F)c(C(=O)NC3CC3)cc2N(Cc2ccc(Cl)cc2)C1=O. The Balaban J connectivity index is 1.79. The third kappa shape index (κ3) is 6.40. The molecule has 0 unspecified atom stereocenters. The summed E-state index contributed by atoms with van der Waals surface area (Å²) in [5.41, 5.74) is -0.841. The van der Waals surface area contributed by atoms with Crippen molar-refractivity contribution in [1.29, 1.82) is 0 Å². The molecule has 4 rings (SSSR count). The zero-order valence-corrected chi connectivity index (χ0v) is 22.1. The summed E-state index contributed by atoms with van der Waals surface area (Å²) in [5, 5.41) is 5.47. The van der Waals surface area contributed by atoms with E-state index < -0.39 is 55.9 Å². The monoisotopic (exact) mass is 551 g/mol. The molecule has 1 aliphatic carbocycles. The van der Waals surface area contributed by atoms with E-state index >= 15 is 4.39 Å². The Kier molecular flexibility index (Phi) is 7.22. The fourth-order valence-corrected chi connectivity index (χ4v) is 5.59. The second-order valence-corrected chi connectivity index (χ2v) is 12.5. The molecule has 2 aliphatic rings. The molecule has 198 valence electrons. The van der Waals surface area contributed by atoms with Gasteiger partial charge in [0.05, 0.1) is 28.4 Å². The van der Waals surface area contributed by atoms with Crippen LogP contribution in [0.5, 0.6) is 0 Å². The van der Waals surface area contributed by atoms with Crippen LogP contribution < -0.4 is 15.5 Å². The first-order valence-corrected chi connectivity index (χ1v) is 13.7. The van der Waals surface area contributed by atoms with Crippen molar-refractivity contribution >= 4 is 45.0 Å². The van der Waals surface area contributed by atoms with E-state index in [-0.39, 0.29) is 23.8 Å². The van der Waals surface area contributed by atoms with Gasteiger partial charge in [-0.05, 0) is 63.4 Å². The predicted molar refractivity (Wildman–Crippen MR) is 135 cm³/mol. The molecule has 0 radical (unpaired) electrons. The average Bonchev–Trinajstić information content (AvgIpc) is 3.60. The van der Waals surface area contributed by atoms with Gasteiger partial charge in [0.1, 0.15) is 17.5 Å². The Morgan fingerprint density at radius 1 is 1.14 bits per heavy atom. The number of nitrogens with one attached hydrogen (secondary N) is 2. The lowest BCUT2D eigenvalue weighted by Gasteiger charge is -2.27. The summed E-state index contributed by atoms with van der Waals surface area (Å²) in [7, 11) is -4.28. The standard InChI is InChI=1S/C25H27ClFN3O6S/c1-25(2,3)36-24(33)29-19-13-37(34,35)21-11-18(27)17(22(31)28-16-8-9-16)10-20(21)30(23(19)32)12-14-4-6-15(26)7-5-14/h4-7,10-11,16,19H,8-9,12-13H2,1-3H3,(H,28,31)(H,29,33)/t19-/m0/s1. The molecule has 0 saturated heterocycles. The largest absolute Gasteiger partial charge is 0.444 e. The van der Waals surface area contributed by atoms with E-state index in [0.29, 0.717) is 10.6 Å². The molecule has 37 heavy (non-hydrogen) atoms. The van der Waals surface area contributed by atoms with Crippen molar-refractivity contribution in [3.8, 4) is 0 Å². The van der Waals surface area contributed by atoms with Crippen molar-refractivity contribution in [1.82, 2.24) is 10.6 Å². The molecule has 1 atom stereocenters. The van der Waals surface area contributed by atoms with Crippen molar-refractivity contribution in [2.24, 2.45) is 0 Å². The lowest BCUT2D eigenvalue weighted by Crippen LogP contribution is -2.51. The molecule has 0 aromatic heterocycles. The third-order valence-electron chi connectivity index (χ3n) is 5.73. The van der Waals surface area contributed by atoms with Crippen molar-refractivity contribution in [2.45, 2.75) is 62.7 Å². The van der Waals surface area contributed by atoms with Crippen LogP contribution in [-0.2, 0) is 25.9 Å². The molecule has 1 saturated carbocycles. The highest BCUT2D eigenvalue weighted by Gasteiger charge is 2.40. The topological polar surface area (TPSA) is 122 Å². The van der Waals surface area contributed by atoms with E-state index in [1.54, 1.807) is 45.0 Å². The normalized spacial score (nSPS) is 19.0. The second-order valence-electron chi connectivity index (χ2n) is 10.1. The Bertz CT molecular complexity index is 1350. The number of rotatable bonds is 5. The summed E-state index contributed by atoms with van der Waals surface area (Å²) in [5.74, 6) is -3.31. The van der Waals surface area contributed by atoms with E-state index in [1.165, 1.54) is 0 Å². The number of sulfone groups is 1. The van der Waals surface area contributed by atoms with Crippen LogP contribution in [0.15, 0.2) is 41.3 Å². The molecule has 1 heterocycles. The van der Waals surface area contributed by atoms with Gasteiger partial charge in [0, 0.05) is 11.1 Å². The van der Waals surface area contributed by atoms with E-state index in [4.69, 9.17) is 16.3 Å². The number of alkyl carbamates (subject to hydrolysis) is 1. The van der Waals surface area contributed by atoms with Gasteiger partial charge >= 0.3 is 6.09 Å². The maximum atomic E-state index is 15.0. The van der Waals surface area contributed by atoms with Gasteiger partial charge in [0.25, 0.3) is 11.8 Å². The zero-order chi connectivity index (χ0) is 27.1. The Labute approximate surface area is 219 Å². The molecule has 0 bridgehead atoms. The minimum atomic E-state index is -4.28. The fraction of sp³-hybridized carbons (Fsp3) is 0.400. The lowest BCUT2D eigenvalue weighted by atomic mass is 10.1. The van der Waals surface area contributed by atoms with Gasteiger partial charge in [-0.15, -0.1) is 0 Å². The molecule has 3 amide bonds. The summed E-state index contributed by atoms with van der Waals surface area (Å²) < 4.78 is 46.9. The number of carbonyl (C=O) groups is 3. The lowest BCUT2D eigenvalue weighted by molar-refractivity contribution is -0.120. The number of amides is 3. The second kappa shape index (κ2) is 9.94. The molecule has 1 fully saturated rings. The molecule has 0 spiro atoms. The summed E-state index contributed by atoms with van der Waals surface area (Å²) >= 11 is 5.97. The third-order valence-corrected chi connectivity index (χ3v) is 7.75. The van der Waals surface area contributed by atoms with E-state index in [9.17, 15) is 22.8 Å². The maximum Gasteiger partial charge on any atom is 0.408 e. The highest BCUT2D eigenvalue weighted by molar-refractivity contribution is 7.91. The molecule has 9 nitrogen and oxygen atoms in total. The van der Waals surface area contributed by atoms with Crippen LogP contribution in [0.3, 0.4) is 0 Å². The van der Waals surface area contributed by atoms with Gasteiger partial charge in [-0.25, -0.2) is 17.6 Å². The van der Waals surface area contributed by atoms with Crippen LogP contribution in [0.4, 0.5) is 14.9 Å². The van der Waals surface area contributed by atoms with Crippen LogP contribution in [0.1, 0.15) is 49.5 Å². The first-order chi connectivity index (χ1) is 17.2. The van der Waals surface area contributed by atoms with Crippen molar-refractivity contribution in [3.63, 3.8) is 0 Å². The predicted octanol–water partition coefficient (Wildman–Crippen LogP) is 3.59. The van der Waals surface area contributed by atoms with Gasteiger partial charge in [-0.2, -0.15) is 0 Å². The van der Waals surface area contributed by atoms with Gasteiger partial charge in [0.2, 0.25) is 0 Å². The van der Waals surface area contributed by atoms with Crippen molar-refractivity contribution < 1.29 is 31.9 Å². The van der Waals surface area contributed by atoms with E-state index in [0.717, 1.165) is 29.9 Å². The van der Waals surface area contributed by atoms with Crippen LogP contribution >= 0.6 is 11.6 Å². The maximum absolute atomic E-state index is 15.0. The highest BCUT2D eigenvalue weighted by Crippen LogP contribution is 2.35. The quantitative estimate of drug-likeness (QED) is 0.586. The minimum absolute atomic E-state index is 0.0661. The number of benzene rings is 2. The number of anilines is 1. The smallest absolute Gasteiger partial charge is 0.408 e. The molecular formula is C25H27ClFN3O6S. The van der Waals surface area contributed by atoms with Crippen molar-refractivity contribution in [3.05, 3.63) is 58.4 Å². The summed E-state index contributed by atoms with van der Waals surface area (Å²) in [6.07, 6.45) is 0.562. The summed E-state index contributed by atoms with van der Waals surface area (Å²) in [6.45, 7) is 4.74. The molecular weight excluding hydrogens is 525 g/mol. The van der Waals surface area contributed by atoms with Gasteiger partial charge in [-0.3, -0.25) is 9.59 Å². The molecule has 2 aromatic carbocycles. The Morgan fingerprint density at radius 2 is 1.78 bits per heavy atom. The summed E-state index contributed by atoms with van der Waals surface area (Å²) in [4.78, 5) is 39.5. The van der Waals surface area contributed by atoms with E-state index in [2.05, 4.69) is 10.6 Å². The van der Waals surface area contributed by atoms with E-state index in [1.807, 2.05) is 0 Å².